The van der Waals surface area contributed by atoms with Gasteiger partial charge in [0.2, 0.25) is 0 Å². The van der Waals surface area contributed by atoms with Crippen LogP contribution in [-0.2, 0) is 27.1 Å². The zero-order valence-electron chi connectivity index (χ0n) is 46.4. The lowest BCUT2D eigenvalue weighted by molar-refractivity contribution is 0.149. The highest BCUT2D eigenvalue weighted by molar-refractivity contribution is 7.32. The molecule has 4 heteroatoms. The Bertz CT molecular complexity index is 3910. The van der Waals surface area contributed by atoms with E-state index in [9.17, 15) is 0 Å². The number of hydrogen-bond donors (Lipinski definition) is 0. The number of fused-ring (bicyclic) bond motifs is 16. The molecule has 2 aliphatic heterocycles. The van der Waals surface area contributed by atoms with Gasteiger partial charge in [0.1, 0.15) is 0 Å². The van der Waals surface area contributed by atoms with E-state index in [4.69, 9.17) is 0 Å². The van der Waals surface area contributed by atoms with E-state index < -0.39 is 0 Å². The molecule has 0 N–H and O–H groups in total. The molecule has 382 valence electrons. The fourth-order valence-electron chi connectivity index (χ4n) is 17.9. The first kappa shape index (κ1) is 46.5. The first-order valence-corrected chi connectivity index (χ1v) is 30.8. The second-order valence-electron chi connectivity index (χ2n) is 28.3. The lowest BCUT2D eigenvalue weighted by Crippen LogP contribution is -2.55. The summed E-state index contributed by atoms with van der Waals surface area (Å²) in [5.74, 6) is 1.74. The SMILES string of the molecule is CC(C)(C)c1ccc(N2c3c4c(cc5ccccc35)-c3cc(C56CCCC(CCC5)C6)cc5c6cc(C78CCCC(CCC7)C8)ccc6n(c35)B4c3sc4cc5c(cc4c32)C(C)(C)CCC5(C)C)c(-c2ccccc2)c1. The van der Waals surface area contributed by atoms with Crippen LogP contribution in [0.15, 0.2) is 121 Å². The lowest BCUT2D eigenvalue weighted by Gasteiger charge is -2.46. The smallest absolute Gasteiger partial charge is 0.343 e. The molecule has 0 atom stereocenters. The Hall–Kier alpha value is -5.58. The van der Waals surface area contributed by atoms with Gasteiger partial charge in [0.15, 0.2) is 0 Å². The van der Waals surface area contributed by atoms with Gasteiger partial charge in [-0.15, -0.1) is 11.3 Å². The van der Waals surface area contributed by atoms with E-state index in [1.54, 1.807) is 16.7 Å². The van der Waals surface area contributed by atoms with Crippen molar-refractivity contribution in [3.63, 3.8) is 0 Å². The topological polar surface area (TPSA) is 8.17 Å². The van der Waals surface area contributed by atoms with Gasteiger partial charge in [-0.3, -0.25) is 0 Å². The molecular weight excluding hydrogens is 936 g/mol. The third-order valence-electron chi connectivity index (χ3n) is 22.0. The molecule has 76 heavy (non-hydrogen) atoms. The lowest BCUT2D eigenvalue weighted by atomic mass is 9.48. The minimum absolute atomic E-state index is 0.00772. The highest BCUT2D eigenvalue weighted by Gasteiger charge is 2.49. The van der Waals surface area contributed by atoms with E-state index in [0.29, 0.717) is 5.41 Å². The van der Waals surface area contributed by atoms with Crippen LogP contribution in [0.4, 0.5) is 17.1 Å². The highest BCUT2D eigenvalue weighted by atomic mass is 32.1. The molecule has 7 aromatic carbocycles. The number of aromatic nitrogens is 1. The minimum Gasteiger partial charge on any atom is -0.375 e. The van der Waals surface area contributed by atoms with Gasteiger partial charge in [0, 0.05) is 53.2 Å². The summed E-state index contributed by atoms with van der Waals surface area (Å²) in [6.45, 7) is 17.2. The molecule has 16 rings (SSSR count). The molecule has 4 heterocycles. The Kier molecular flexibility index (Phi) is 9.81. The van der Waals surface area contributed by atoms with E-state index in [2.05, 4.69) is 191 Å². The Morgan fingerprint density at radius 2 is 1.18 bits per heavy atom. The van der Waals surface area contributed by atoms with Crippen molar-refractivity contribution in [2.45, 2.75) is 178 Å². The zero-order valence-corrected chi connectivity index (χ0v) is 47.2. The summed E-state index contributed by atoms with van der Waals surface area (Å²) in [5.41, 5.74) is 22.3. The number of thiophene rings is 1. The van der Waals surface area contributed by atoms with Crippen LogP contribution in [0, 0.1) is 11.8 Å². The van der Waals surface area contributed by atoms with E-state index >= 15 is 0 Å². The fourth-order valence-corrected chi connectivity index (χ4v) is 19.2. The molecule has 2 nitrogen and oxygen atoms in total. The van der Waals surface area contributed by atoms with E-state index in [0.717, 1.165) is 11.8 Å². The molecular formula is C72H75BN2S. The van der Waals surface area contributed by atoms with Crippen molar-refractivity contribution in [1.29, 1.82) is 0 Å². The van der Waals surface area contributed by atoms with Crippen LogP contribution >= 0.6 is 11.3 Å². The summed E-state index contributed by atoms with van der Waals surface area (Å²) < 4.78 is 5.84. The van der Waals surface area contributed by atoms with Crippen molar-refractivity contribution in [2.75, 3.05) is 4.90 Å². The minimum atomic E-state index is -0.0149. The average molecular weight is 1010 g/mol. The Morgan fingerprint density at radius 3 is 1.88 bits per heavy atom. The Labute approximate surface area is 456 Å². The highest BCUT2D eigenvalue weighted by Crippen LogP contribution is 2.58. The number of benzene rings is 7. The summed E-state index contributed by atoms with van der Waals surface area (Å²) in [6.07, 6.45) is 21.6. The maximum atomic E-state index is 2.93. The molecule has 0 unspecified atom stereocenters. The quantitative estimate of drug-likeness (QED) is 0.160. The first-order chi connectivity index (χ1) is 36.7. The van der Waals surface area contributed by atoms with Gasteiger partial charge in [0.25, 0.3) is 0 Å². The third kappa shape index (κ3) is 6.52. The van der Waals surface area contributed by atoms with Crippen LogP contribution in [0.1, 0.15) is 179 Å². The molecule has 0 radical (unpaired) electrons. The Balaban J connectivity index is 1.07. The van der Waals surface area contributed by atoms with Crippen molar-refractivity contribution in [1.82, 2.24) is 4.48 Å². The van der Waals surface area contributed by atoms with Gasteiger partial charge in [-0.1, -0.05) is 167 Å². The van der Waals surface area contributed by atoms with Crippen LogP contribution < -0.4 is 15.1 Å². The summed E-state index contributed by atoms with van der Waals surface area (Å²) in [6, 6.07) is 50.0. The van der Waals surface area contributed by atoms with Crippen LogP contribution in [-0.4, -0.2) is 11.3 Å². The van der Waals surface area contributed by atoms with Gasteiger partial charge in [-0.25, -0.2) is 0 Å². The maximum absolute atomic E-state index is 2.93. The van der Waals surface area contributed by atoms with Crippen LogP contribution in [0.25, 0.3) is 64.9 Å². The fraction of sp³-hybridized carbons (Fsp3) is 0.417. The molecule has 0 amide bonds. The van der Waals surface area contributed by atoms with Crippen LogP contribution in [0.3, 0.4) is 0 Å². The number of hydrogen-bond acceptors (Lipinski definition) is 2. The van der Waals surface area contributed by atoms with Crippen molar-refractivity contribution in [3.8, 4) is 22.3 Å². The monoisotopic (exact) mass is 1010 g/mol. The summed E-state index contributed by atoms with van der Waals surface area (Å²) >= 11 is 2.11. The maximum Gasteiger partial charge on any atom is 0.343 e. The van der Waals surface area contributed by atoms with E-state index in [1.165, 1.54) is 206 Å². The molecule has 5 aliphatic carbocycles. The molecule has 7 aliphatic rings. The van der Waals surface area contributed by atoms with Crippen molar-refractivity contribution >= 4 is 88.2 Å². The Morgan fingerprint density at radius 1 is 0.539 bits per heavy atom. The zero-order chi connectivity index (χ0) is 51.3. The summed E-state index contributed by atoms with van der Waals surface area (Å²) in [4.78, 5) is 2.83. The summed E-state index contributed by atoms with van der Waals surface area (Å²) in [7, 11) is 0. The van der Waals surface area contributed by atoms with Gasteiger partial charge in [-0.05, 0) is 195 Å². The van der Waals surface area contributed by atoms with Gasteiger partial charge >= 0.3 is 6.85 Å². The average Bonchev–Trinajstić information content (AvgIpc) is 3.93. The largest absolute Gasteiger partial charge is 0.375 e. The van der Waals surface area contributed by atoms with Gasteiger partial charge in [-0.2, -0.15) is 0 Å². The molecule has 0 saturated heterocycles. The van der Waals surface area contributed by atoms with Crippen LogP contribution in [0.2, 0.25) is 0 Å². The van der Waals surface area contributed by atoms with E-state index in [1.807, 2.05) is 0 Å². The molecule has 2 aromatic heterocycles. The molecule has 0 spiro atoms. The van der Waals surface area contributed by atoms with Crippen molar-refractivity contribution in [2.24, 2.45) is 11.8 Å². The van der Waals surface area contributed by atoms with Gasteiger partial charge < -0.3 is 9.38 Å². The third-order valence-corrected chi connectivity index (χ3v) is 23.2. The van der Waals surface area contributed by atoms with Crippen molar-refractivity contribution < 1.29 is 0 Å². The van der Waals surface area contributed by atoms with E-state index in [-0.39, 0.29) is 28.5 Å². The number of nitrogens with zero attached hydrogens (tertiary/aromatic N) is 2. The second-order valence-corrected chi connectivity index (χ2v) is 29.3. The molecule has 4 bridgehead atoms. The first-order valence-electron chi connectivity index (χ1n) is 30.0. The van der Waals surface area contributed by atoms with Gasteiger partial charge in [0.05, 0.1) is 17.1 Å². The van der Waals surface area contributed by atoms with Crippen LogP contribution in [0.5, 0.6) is 0 Å². The molecule has 4 fully saturated rings. The predicted molar refractivity (Wildman–Crippen MR) is 327 cm³/mol. The predicted octanol–water partition coefficient (Wildman–Crippen LogP) is 19.1. The molecule has 9 aromatic rings. The second kappa shape index (κ2) is 16.0. The summed E-state index contributed by atoms with van der Waals surface area (Å²) in [5, 5.41) is 7.10. The number of anilines is 3. The number of rotatable bonds is 4. The normalized spacial score (nSPS) is 25.0. The molecule has 4 saturated carbocycles. The van der Waals surface area contributed by atoms with Crippen molar-refractivity contribution in [3.05, 3.63) is 149 Å². The standard InChI is InChI=1S/C72H75BN2S/c1-68(2,3)48-25-27-60(52(36-48)46-21-9-8-10-22-46)74-65-51-24-12-11-23-47(51)35-54-56-39-50(72-31-15-19-45(43-72)20-16-32-72)38-55-53-37-49(71-29-13-17-44(42-71)18-14-30-71)26-28-61(53)75(64(55)56)73(63(54)65)67-66(74)57-40-58-59(41-62(57)76-67)70(6,7)34-33-69(58,4)5/h8-12,21-28,35-41,44-45H,13-20,29-34,42-43H2,1-7H3.